The van der Waals surface area contributed by atoms with Crippen molar-refractivity contribution in [1.29, 1.82) is 5.26 Å². The second-order valence-electron chi connectivity index (χ2n) is 6.62. The average molecular weight is 365 g/mol. The van der Waals surface area contributed by atoms with Gasteiger partial charge in [-0.3, -0.25) is 9.69 Å². The van der Waals surface area contributed by atoms with E-state index in [2.05, 4.69) is 16.3 Å². The number of ether oxygens (including phenoxy) is 2. The average Bonchev–Trinajstić information content (AvgIpc) is 2.68. The summed E-state index contributed by atoms with van der Waals surface area (Å²) in [5, 5.41) is 11.8. The Morgan fingerprint density at radius 1 is 1.19 bits per heavy atom. The molecule has 1 saturated heterocycles. The Morgan fingerprint density at radius 2 is 1.93 bits per heavy atom. The summed E-state index contributed by atoms with van der Waals surface area (Å²) in [6, 6.07) is 15.4. The van der Waals surface area contributed by atoms with Gasteiger partial charge in [-0.2, -0.15) is 5.26 Å². The number of amides is 1. The van der Waals surface area contributed by atoms with Gasteiger partial charge < -0.3 is 14.8 Å². The van der Waals surface area contributed by atoms with Gasteiger partial charge in [0.15, 0.2) is 0 Å². The molecule has 0 radical (unpaired) electrons. The van der Waals surface area contributed by atoms with Crippen LogP contribution < -0.4 is 14.8 Å². The molecule has 2 aromatic carbocycles. The first-order valence-electron chi connectivity index (χ1n) is 8.85. The van der Waals surface area contributed by atoms with E-state index in [1.807, 2.05) is 30.3 Å². The lowest BCUT2D eigenvalue weighted by atomic mass is 9.98. The number of carbonyl (C=O) groups is 1. The van der Waals surface area contributed by atoms with Crippen molar-refractivity contribution in [1.82, 2.24) is 10.2 Å². The third-order valence-corrected chi connectivity index (χ3v) is 4.64. The van der Waals surface area contributed by atoms with Gasteiger partial charge in [0.05, 0.1) is 24.7 Å². The Balaban J connectivity index is 1.51. The number of methoxy groups -OCH3 is 1. The fourth-order valence-electron chi connectivity index (χ4n) is 3.11. The number of hydrogen-bond acceptors (Lipinski definition) is 5. The molecule has 0 bridgehead atoms. The fourth-order valence-corrected chi connectivity index (χ4v) is 3.11. The number of benzene rings is 2. The number of carbonyl (C=O) groups excluding carboxylic acids is 1. The van der Waals surface area contributed by atoms with Crippen LogP contribution in [-0.4, -0.2) is 38.1 Å². The maximum atomic E-state index is 11.5. The highest BCUT2D eigenvalue weighted by molar-refractivity contribution is 5.79. The standard InChI is InChI=1S/C21H23N3O3/c1-23-21(25)18-12-24(13-18)11-15-3-5-19(6-4-15)27-14-17-7-16(10-22)8-20(9-17)26-2/h3-9,18H,11-14H2,1-2H3,(H,23,25). The van der Waals surface area contributed by atoms with Crippen molar-refractivity contribution in [3.8, 4) is 17.6 Å². The monoisotopic (exact) mass is 365 g/mol. The van der Waals surface area contributed by atoms with Gasteiger partial charge in [0, 0.05) is 26.7 Å². The van der Waals surface area contributed by atoms with Crippen LogP contribution in [-0.2, 0) is 17.9 Å². The predicted octanol–water partition coefficient (Wildman–Crippen LogP) is 2.32. The van der Waals surface area contributed by atoms with E-state index in [1.165, 1.54) is 5.56 Å². The summed E-state index contributed by atoms with van der Waals surface area (Å²) >= 11 is 0. The fraction of sp³-hybridized carbons (Fsp3) is 0.333. The molecule has 140 valence electrons. The molecule has 2 aromatic rings. The second-order valence-corrected chi connectivity index (χ2v) is 6.62. The quantitative estimate of drug-likeness (QED) is 0.815. The van der Waals surface area contributed by atoms with E-state index in [4.69, 9.17) is 14.7 Å². The SMILES string of the molecule is CNC(=O)C1CN(Cc2ccc(OCc3cc(C#N)cc(OC)c3)cc2)C1. The van der Waals surface area contributed by atoms with Crippen LogP contribution in [0.2, 0.25) is 0 Å². The summed E-state index contributed by atoms with van der Waals surface area (Å²) in [6.45, 7) is 2.80. The molecule has 1 amide bonds. The molecule has 0 aromatic heterocycles. The lowest BCUT2D eigenvalue weighted by Gasteiger charge is -2.38. The van der Waals surface area contributed by atoms with Crippen molar-refractivity contribution < 1.29 is 14.3 Å². The maximum Gasteiger partial charge on any atom is 0.225 e. The van der Waals surface area contributed by atoms with Crippen molar-refractivity contribution in [3.63, 3.8) is 0 Å². The molecule has 0 unspecified atom stereocenters. The molecule has 1 N–H and O–H groups in total. The molecule has 1 fully saturated rings. The van der Waals surface area contributed by atoms with E-state index >= 15 is 0 Å². The third kappa shape index (κ3) is 4.78. The molecular weight excluding hydrogens is 342 g/mol. The molecule has 1 aliphatic heterocycles. The minimum Gasteiger partial charge on any atom is -0.497 e. The number of rotatable bonds is 7. The molecule has 0 saturated carbocycles. The molecule has 6 heteroatoms. The summed E-state index contributed by atoms with van der Waals surface area (Å²) < 4.78 is 11.0. The molecule has 0 atom stereocenters. The van der Waals surface area contributed by atoms with E-state index in [0.717, 1.165) is 30.9 Å². The first kappa shape index (κ1) is 18.7. The maximum absolute atomic E-state index is 11.5. The smallest absolute Gasteiger partial charge is 0.225 e. The van der Waals surface area contributed by atoms with Crippen LogP contribution in [0.4, 0.5) is 0 Å². The lowest BCUT2D eigenvalue weighted by molar-refractivity contribution is -0.129. The molecule has 1 aliphatic rings. The lowest BCUT2D eigenvalue weighted by Crippen LogP contribution is -2.52. The summed E-state index contributed by atoms with van der Waals surface area (Å²) in [7, 11) is 3.26. The highest BCUT2D eigenvalue weighted by atomic mass is 16.5. The van der Waals surface area contributed by atoms with Gasteiger partial charge in [-0.05, 0) is 41.5 Å². The van der Waals surface area contributed by atoms with Crippen LogP contribution in [0.5, 0.6) is 11.5 Å². The number of nitrogens with one attached hydrogen (secondary N) is 1. The van der Waals surface area contributed by atoms with Crippen molar-refractivity contribution in [2.45, 2.75) is 13.2 Å². The Kier molecular flexibility index (Phi) is 5.94. The highest BCUT2D eigenvalue weighted by Gasteiger charge is 2.31. The topological polar surface area (TPSA) is 74.6 Å². The third-order valence-electron chi connectivity index (χ3n) is 4.64. The van der Waals surface area contributed by atoms with Gasteiger partial charge in [-0.1, -0.05) is 12.1 Å². The van der Waals surface area contributed by atoms with E-state index in [-0.39, 0.29) is 11.8 Å². The molecular formula is C21H23N3O3. The minimum absolute atomic E-state index is 0.110. The molecule has 0 spiro atoms. The van der Waals surface area contributed by atoms with Gasteiger partial charge in [-0.25, -0.2) is 0 Å². The molecule has 27 heavy (non-hydrogen) atoms. The molecule has 3 rings (SSSR count). The van der Waals surface area contributed by atoms with Crippen LogP contribution in [0, 0.1) is 17.2 Å². The number of nitrogens with zero attached hydrogens (tertiary/aromatic N) is 2. The Labute approximate surface area is 159 Å². The van der Waals surface area contributed by atoms with Crippen molar-refractivity contribution in [3.05, 3.63) is 59.2 Å². The summed E-state index contributed by atoms with van der Waals surface area (Å²) in [6.07, 6.45) is 0. The zero-order chi connectivity index (χ0) is 19.2. The van der Waals surface area contributed by atoms with Crippen molar-refractivity contribution in [2.24, 2.45) is 5.92 Å². The van der Waals surface area contributed by atoms with Crippen LogP contribution >= 0.6 is 0 Å². The van der Waals surface area contributed by atoms with E-state index < -0.39 is 0 Å². The Bertz CT molecular complexity index is 837. The summed E-state index contributed by atoms with van der Waals surface area (Å²) in [4.78, 5) is 13.8. The van der Waals surface area contributed by atoms with Crippen LogP contribution in [0.3, 0.4) is 0 Å². The Hall–Kier alpha value is -3.04. The first-order valence-corrected chi connectivity index (χ1v) is 8.85. The van der Waals surface area contributed by atoms with Gasteiger partial charge in [0.25, 0.3) is 0 Å². The second kappa shape index (κ2) is 8.56. The van der Waals surface area contributed by atoms with Gasteiger partial charge in [0.2, 0.25) is 5.91 Å². The van der Waals surface area contributed by atoms with E-state index in [0.29, 0.717) is 17.9 Å². The van der Waals surface area contributed by atoms with Crippen LogP contribution in [0.15, 0.2) is 42.5 Å². The zero-order valence-electron chi connectivity index (χ0n) is 15.6. The van der Waals surface area contributed by atoms with Gasteiger partial charge >= 0.3 is 0 Å². The minimum atomic E-state index is 0.110. The van der Waals surface area contributed by atoms with Crippen LogP contribution in [0.25, 0.3) is 0 Å². The van der Waals surface area contributed by atoms with Crippen molar-refractivity contribution >= 4 is 5.91 Å². The van der Waals surface area contributed by atoms with Gasteiger partial charge in [-0.15, -0.1) is 0 Å². The van der Waals surface area contributed by atoms with Crippen molar-refractivity contribution in [2.75, 3.05) is 27.2 Å². The number of hydrogen-bond donors (Lipinski definition) is 1. The predicted molar refractivity (Wildman–Crippen MR) is 101 cm³/mol. The zero-order valence-corrected chi connectivity index (χ0v) is 15.6. The van der Waals surface area contributed by atoms with E-state index in [9.17, 15) is 4.79 Å². The van der Waals surface area contributed by atoms with E-state index in [1.54, 1.807) is 26.3 Å². The summed E-state index contributed by atoms with van der Waals surface area (Å²) in [5.74, 6) is 1.64. The molecule has 0 aliphatic carbocycles. The normalized spacial score (nSPS) is 14.1. The van der Waals surface area contributed by atoms with Gasteiger partial charge in [0.1, 0.15) is 18.1 Å². The number of nitriles is 1. The first-order chi connectivity index (χ1) is 13.1. The largest absolute Gasteiger partial charge is 0.497 e. The Morgan fingerprint density at radius 3 is 2.56 bits per heavy atom. The molecule has 1 heterocycles. The summed E-state index contributed by atoms with van der Waals surface area (Å²) in [5.41, 5.74) is 2.62. The van der Waals surface area contributed by atoms with Crippen LogP contribution in [0.1, 0.15) is 16.7 Å². The highest BCUT2D eigenvalue weighted by Crippen LogP contribution is 2.22. The molecule has 6 nitrogen and oxygen atoms in total. The number of likely N-dealkylation sites (tertiary alicyclic amines) is 1.